The first-order chi connectivity index (χ1) is 9.13. The van der Waals surface area contributed by atoms with Gasteiger partial charge in [-0.3, -0.25) is 0 Å². The van der Waals surface area contributed by atoms with Crippen LogP contribution in [0.2, 0.25) is 0 Å². The smallest absolute Gasteiger partial charge is 0.356 e. The van der Waals surface area contributed by atoms with Gasteiger partial charge in [-0.15, -0.1) is 0 Å². The summed E-state index contributed by atoms with van der Waals surface area (Å²) in [6.07, 6.45) is 1.46. The minimum atomic E-state index is -0.427. The van der Waals surface area contributed by atoms with Crippen LogP contribution in [0.4, 0.5) is 4.39 Å². The third kappa shape index (κ3) is 2.81. The average Bonchev–Trinajstić information content (AvgIpc) is 2.88. The van der Waals surface area contributed by atoms with Gasteiger partial charge in [0.2, 0.25) is 0 Å². The Labute approximate surface area is 110 Å². The fourth-order valence-electron chi connectivity index (χ4n) is 1.91. The van der Waals surface area contributed by atoms with Crippen LogP contribution >= 0.6 is 0 Å². The lowest BCUT2D eigenvalue weighted by atomic mass is 9.96. The molecular formula is C14H15FN2O2. The van der Waals surface area contributed by atoms with Crippen molar-refractivity contribution in [3.05, 3.63) is 53.4 Å². The highest BCUT2D eigenvalue weighted by Gasteiger charge is 2.21. The van der Waals surface area contributed by atoms with Gasteiger partial charge in [0, 0.05) is 5.92 Å². The van der Waals surface area contributed by atoms with Crippen molar-refractivity contribution in [3.63, 3.8) is 0 Å². The van der Waals surface area contributed by atoms with E-state index >= 15 is 0 Å². The molecule has 1 aromatic heterocycles. The summed E-state index contributed by atoms with van der Waals surface area (Å²) in [5, 5.41) is 0. The SMILES string of the molecule is CCOC(=O)c1[nH]cnc1[C@H](C)c1ccc(F)cc1. The molecule has 0 aliphatic carbocycles. The highest BCUT2D eigenvalue weighted by molar-refractivity contribution is 5.88. The summed E-state index contributed by atoms with van der Waals surface area (Å²) in [4.78, 5) is 18.7. The molecule has 0 aliphatic rings. The minimum absolute atomic E-state index is 0.119. The van der Waals surface area contributed by atoms with E-state index in [2.05, 4.69) is 9.97 Å². The van der Waals surface area contributed by atoms with Gasteiger partial charge in [0.1, 0.15) is 11.5 Å². The molecule has 100 valence electrons. The number of aromatic amines is 1. The minimum Gasteiger partial charge on any atom is -0.461 e. The Balaban J connectivity index is 2.29. The fraction of sp³-hybridized carbons (Fsp3) is 0.286. The van der Waals surface area contributed by atoms with Crippen molar-refractivity contribution in [1.29, 1.82) is 0 Å². The van der Waals surface area contributed by atoms with Gasteiger partial charge in [-0.1, -0.05) is 19.1 Å². The summed E-state index contributed by atoms with van der Waals surface area (Å²) < 4.78 is 17.9. The van der Waals surface area contributed by atoms with Crippen molar-refractivity contribution in [1.82, 2.24) is 9.97 Å². The molecule has 0 aliphatic heterocycles. The summed E-state index contributed by atoms with van der Waals surface area (Å²) >= 11 is 0. The molecule has 0 unspecified atom stereocenters. The third-order valence-corrected chi connectivity index (χ3v) is 2.93. The molecule has 0 amide bonds. The average molecular weight is 262 g/mol. The first kappa shape index (κ1) is 13.3. The summed E-state index contributed by atoms with van der Waals surface area (Å²) in [7, 11) is 0. The maximum absolute atomic E-state index is 12.9. The van der Waals surface area contributed by atoms with Crippen LogP contribution in [0.3, 0.4) is 0 Å². The Morgan fingerprint density at radius 1 is 1.42 bits per heavy atom. The topological polar surface area (TPSA) is 55.0 Å². The summed E-state index contributed by atoms with van der Waals surface area (Å²) in [5.74, 6) is -0.834. The van der Waals surface area contributed by atoms with Gasteiger partial charge in [-0.25, -0.2) is 14.2 Å². The first-order valence-electron chi connectivity index (χ1n) is 6.09. The van der Waals surface area contributed by atoms with E-state index in [0.29, 0.717) is 18.0 Å². The van der Waals surface area contributed by atoms with Crippen LogP contribution in [0, 0.1) is 5.82 Å². The fourth-order valence-corrected chi connectivity index (χ4v) is 1.91. The van der Waals surface area contributed by atoms with E-state index in [1.807, 2.05) is 6.92 Å². The summed E-state index contributed by atoms with van der Waals surface area (Å²) in [5.41, 5.74) is 1.84. The number of hydrogen-bond donors (Lipinski definition) is 1. The normalized spacial score (nSPS) is 12.2. The second kappa shape index (κ2) is 5.65. The highest BCUT2D eigenvalue weighted by Crippen LogP contribution is 2.25. The maximum atomic E-state index is 12.9. The van der Waals surface area contributed by atoms with Crippen molar-refractivity contribution in [2.24, 2.45) is 0 Å². The molecule has 1 aromatic carbocycles. The van der Waals surface area contributed by atoms with Crippen LogP contribution in [0.25, 0.3) is 0 Å². The van der Waals surface area contributed by atoms with Crippen LogP contribution in [0.15, 0.2) is 30.6 Å². The highest BCUT2D eigenvalue weighted by atomic mass is 19.1. The molecule has 2 aromatic rings. The van der Waals surface area contributed by atoms with E-state index in [0.717, 1.165) is 5.56 Å². The van der Waals surface area contributed by atoms with Crippen molar-refractivity contribution in [3.8, 4) is 0 Å². The monoisotopic (exact) mass is 262 g/mol. The van der Waals surface area contributed by atoms with Crippen LogP contribution in [0.1, 0.15) is 41.5 Å². The van der Waals surface area contributed by atoms with Crippen molar-refractivity contribution in [2.45, 2.75) is 19.8 Å². The van der Waals surface area contributed by atoms with Gasteiger partial charge in [-0.05, 0) is 24.6 Å². The molecular weight excluding hydrogens is 247 g/mol. The number of nitrogens with one attached hydrogen (secondary N) is 1. The quantitative estimate of drug-likeness (QED) is 0.862. The van der Waals surface area contributed by atoms with Gasteiger partial charge in [0.05, 0.1) is 18.6 Å². The van der Waals surface area contributed by atoms with Gasteiger partial charge in [-0.2, -0.15) is 0 Å². The second-order valence-corrected chi connectivity index (χ2v) is 4.16. The van der Waals surface area contributed by atoms with Gasteiger partial charge >= 0.3 is 5.97 Å². The van der Waals surface area contributed by atoms with Crippen LogP contribution in [0.5, 0.6) is 0 Å². The Morgan fingerprint density at radius 3 is 2.74 bits per heavy atom. The molecule has 0 saturated carbocycles. The molecule has 0 fully saturated rings. The number of imidazole rings is 1. The second-order valence-electron chi connectivity index (χ2n) is 4.16. The molecule has 1 N–H and O–H groups in total. The number of benzene rings is 1. The Kier molecular flexibility index (Phi) is 3.94. The lowest BCUT2D eigenvalue weighted by molar-refractivity contribution is 0.0518. The standard InChI is InChI=1S/C14H15FN2O2/c1-3-19-14(18)13-12(16-8-17-13)9(2)10-4-6-11(15)7-5-10/h4-9H,3H2,1-2H3,(H,16,17)/t9-/m1/s1. The first-order valence-corrected chi connectivity index (χ1v) is 6.09. The van der Waals surface area contributed by atoms with Crippen molar-refractivity contribution < 1.29 is 13.9 Å². The lowest BCUT2D eigenvalue weighted by Crippen LogP contribution is -2.10. The Morgan fingerprint density at radius 2 is 2.11 bits per heavy atom. The predicted molar refractivity (Wildman–Crippen MR) is 68.5 cm³/mol. The number of nitrogens with zero attached hydrogens (tertiary/aromatic N) is 1. The lowest BCUT2D eigenvalue weighted by Gasteiger charge is -2.11. The number of carbonyl (C=O) groups is 1. The van der Waals surface area contributed by atoms with Gasteiger partial charge in [0.15, 0.2) is 0 Å². The van der Waals surface area contributed by atoms with Crippen LogP contribution < -0.4 is 0 Å². The summed E-state index contributed by atoms with van der Waals surface area (Å²) in [6.45, 7) is 3.96. The van der Waals surface area contributed by atoms with Crippen LogP contribution in [-0.4, -0.2) is 22.5 Å². The number of rotatable bonds is 4. The molecule has 5 heteroatoms. The molecule has 0 saturated heterocycles. The molecule has 4 nitrogen and oxygen atoms in total. The van der Waals surface area contributed by atoms with Crippen molar-refractivity contribution in [2.75, 3.05) is 6.61 Å². The molecule has 2 rings (SSSR count). The number of esters is 1. The number of halogens is 1. The van der Waals surface area contributed by atoms with E-state index in [4.69, 9.17) is 4.74 Å². The van der Waals surface area contributed by atoms with Gasteiger partial charge in [0.25, 0.3) is 0 Å². The van der Waals surface area contributed by atoms with E-state index in [1.165, 1.54) is 18.5 Å². The number of aromatic nitrogens is 2. The van der Waals surface area contributed by atoms with E-state index in [9.17, 15) is 9.18 Å². The Bertz CT molecular complexity index is 563. The molecule has 1 heterocycles. The number of ether oxygens (including phenoxy) is 1. The zero-order valence-corrected chi connectivity index (χ0v) is 10.8. The third-order valence-electron chi connectivity index (χ3n) is 2.93. The zero-order valence-electron chi connectivity index (χ0n) is 10.8. The number of H-pyrrole nitrogens is 1. The zero-order chi connectivity index (χ0) is 13.8. The van der Waals surface area contributed by atoms with Crippen molar-refractivity contribution >= 4 is 5.97 Å². The van der Waals surface area contributed by atoms with E-state index < -0.39 is 5.97 Å². The van der Waals surface area contributed by atoms with E-state index in [1.54, 1.807) is 19.1 Å². The predicted octanol–water partition coefficient (Wildman–Crippen LogP) is 2.88. The molecule has 0 spiro atoms. The molecule has 1 atom stereocenters. The number of carbonyl (C=O) groups excluding carboxylic acids is 1. The van der Waals surface area contributed by atoms with Gasteiger partial charge < -0.3 is 9.72 Å². The maximum Gasteiger partial charge on any atom is 0.356 e. The molecule has 19 heavy (non-hydrogen) atoms. The molecule has 0 radical (unpaired) electrons. The van der Waals surface area contributed by atoms with Crippen LogP contribution in [-0.2, 0) is 4.74 Å². The van der Waals surface area contributed by atoms with E-state index in [-0.39, 0.29) is 11.7 Å². The summed E-state index contributed by atoms with van der Waals surface area (Å²) in [6, 6.07) is 6.15. The number of hydrogen-bond acceptors (Lipinski definition) is 3. The largest absolute Gasteiger partial charge is 0.461 e. The Hall–Kier alpha value is -2.17. The molecule has 0 bridgehead atoms.